The average Bonchev–Trinajstić information content (AvgIpc) is 3.45. The van der Waals surface area contributed by atoms with Crippen molar-refractivity contribution in [3.05, 3.63) is 69.2 Å². The zero-order valence-corrected chi connectivity index (χ0v) is 26.7. The van der Waals surface area contributed by atoms with Crippen molar-refractivity contribution in [1.82, 2.24) is 15.1 Å². The fourth-order valence-electron chi connectivity index (χ4n) is 7.83. The van der Waals surface area contributed by atoms with E-state index in [0.29, 0.717) is 31.7 Å². The van der Waals surface area contributed by atoms with Crippen LogP contribution >= 0.6 is 11.6 Å². The molecule has 2 heterocycles. The summed E-state index contributed by atoms with van der Waals surface area (Å²) in [5.74, 6) is -1.84. The van der Waals surface area contributed by atoms with Crippen LogP contribution in [0.5, 0.6) is 0 Å². The first-order chi connectivity index (χ1) is 19.5. The van der Waals surface area contributed by atoms with Crippen LogP contribution in [0.15, 0.2) is 30.3 Å². The van der Waals surface area contributed by atoms with Crippen molar-refractivity contribution in [1.29, 1.82) is 0 Å². The van der Waals surface area contributed by atoms with Crippen LogP contribution < -0.4 is 5.32 Å². The summed E-state index contributed by atoms with van der Waals surface area (Å²) in [4.78, 5) is 30.4. The van der Waals surface area contributed by atoms with E-state index in [-0.39, 0.29) is 34.6 Å². The van der Waals surface area contributed by atoms with Crippen molar-refractivity contribution in [3.8, 4) is 0 Å². The Morgan fingerprint density at radius 1 is 1.00 bits per heavy atom. The van der Waals surface area contributed by atoms with E-state index >= 15 is 0 Å². The largest absolute Gasteiger partial charge is 0.351 e. The molecule has 2 amide bonds. The molecule has 8 heteroatoms. The molecule has 2 aliphatic heterocycles. The molecule has 2 aromatic rings. The number of nitrogens with zero attached hydrogens (tertiary/aromatic N) is 2. The molecule has 2 aromatic carbocycles. The lowest BCUT2D eigenvalue weighted by Gasteiger charge is -2.42. The van der Waals surface area contributed by atoms with Crippen LogP contribution in [0.4, 0.5) is 8.78 Å². The maximum atomic E-state index is 15.0. The Morgan fingerprint density at radius 2 is 1.67 bits per heavy atom. The highest BCUT2D eigenvalue weighted by molar-refractivity contribution is 6.31. The van der Waals surface area contributed by atoms with E-state index in [2.05, 4.69) is 57.0 Å². The summed E-state index contributed by atoms with van der Waals surface area (Å²) in [5.41, 5.74) is 3.14. The van der Waals surface area contributed by atoms with Gasteiger partial charge in [-0.05, 0) is 101 Å². The predicted octanol–water partition coefficient (Wildman–Crippen LogP) is 6.70. The molecular weight excluding hydrogens is 556 g/mol. The number of aryl methyl sites for hydroxylation is 1. The first kappa shape index (κ1) is 30.9. The molecule has 1 spiro atoms. The summed E-state index contributed by atoms with van der Waals surface area (Å²) in [7, 11) is 0. The van der Waals surface area contributed by atoms with E-state index in [9.17, 15) is 18.4 Å². The first-order valence-corrected chi connectivity index (χ1v) is 15.5. The maximum absolute atomic E-state index is 15.0. The van der Waals surface area contributed by atoms with Crippen LogP contribution in [-0.2, 0) is 15.0 Å². The topological polar surface area (TPSA) is 52.7 Å². The minimum atomic E-state index is -0.613. The second-order valence-electron chi connectivity index (χ2n) is 14.4. The average molecular weight is 600 g/mol. The van der Waals surface area contributed by atoms with Crippen molar-refractivity contribution in [3.63, 3.8) is 0 Å². The Labute approximate surface area is 254 Å². The number of fused-ring (bicyclic) bond motifs is 2. The number of likely N-dealkylation sites (tertiary alicyclic amines) is 2. The van der Waals surface area contributed by atoms with Crippen molar-refractivity contribution in [2.75, 3.05) is 26.2 Å². The highest BCUT2D eigenvalue weighted by Crippen LogP contribution is 2.56. The number of hydrogen-bond donors (Lipinski definition) is 1. The van der Waals surface area contributed by atoms with Crippen molar-refractivity contribution < 1.29 is 18.4 Å². The molecule has 0 unspecified atom stereocenters. The molecule has 3 atom stereocenters. The van der Waals surface area contributed by atoms with Gasteiger partial charge in [0.2, 0.25) is 11.8 Å². The van der Waals surface area contributed by atoms with Gasteiger partial charge in [-0.2, -0.15) is 0 Å². The molecule has 1 N–H and O–H groups in total. The third kappa shape index (κ3) is 5.59. The second kappa shape index (κ2) is 10.9. The highest BCUT2D eigenvalue weighted by Gasteiger charge is 2.52. The van der Waals surface area contributed by atoms with Gasteiger partial charge in [-0.15, -0.1) is 0 Å². The molecule has 42 heavy (non-hydrogen) atoms. The summed E-state index contributed by atoms with van der Waals surface area (Å²) in [6.45, 7) is 16.3. The number of amides is 2. The van der Waals surface area contributed by atoms with Crippen molar-refractivity contribution in [2.24, 2.45) is 5.92 Å². The molecule has 0 bridgehead atoms. The second-order valence-corrected chi connectivity index (χ2v) is 14.8. The van der Waals surface area contributed by atoms with Gasteiger partial charge in [-0.1, -0.05) is 23.7 Å². The number of rotatable bonds is 4. The first-order valence-electron chi connectivity index (χ1n) is 15.1. The molecule has 5 rings (SSSR count). The van der Waals surface area contributed by atoms with Gasteiger partial charge in [0.05, 0.1) is 5.92 Å². The third-order valence-corrected chi connectivity index (χ3v) is 10.6. The number of carbonyl (C=O) groups is 2. The molecule has 0 aromatic heterocycles. The smallest absolute Gasteiger partial charge is 0.227 e. The number of piperidine rings is 1. The minimum absolute atomic E-state index is 0.0422. The zero-order valence-electron chi connectivity index (χ0n) is 25.9. The SMILES string of the molecule is CC(=O)NC(C)(C)[C@@H]1CC2(CCN(C(=O)[C@@H]3CN(C(C)(C)C)C[C@H]3c3ccc(F)cc3F)CC2)c2cc(Cl)c(C)cc21. The summed E-state index contributed by atoms with van der Waals surface area (Å²) in [6.07, 6.45) is 2.47. The lowest BCUT2D eigenvalue weighted by Crippen LogP contribution is -2.49. The van der Waals surface area contributed by atoms with Gasteiger partial charge in [0.25, 0.3) is 0 Å². The van der Waals surface area contributed by atoms with Crippen molar-refractivity contribution >= 4 is 23.4 Å². The number of nitrogens with one attached hydrogen (secondary N) is 1. The highest BCUT2D eigenvalue weighted by atomic mass is 35.5. The van der Waals surface area contributed by atoms with Crippen LogP contribution in [0, 0.1) is 24.5 Å². The molecule has 228 valence electrons. The molecule has 2 fully saturated rings. The molecular formula is C34H44ClF2N3O2. The van der Waals surface area contributed by atoms with E-state index in [1.807, 2.05) is 11.8 Å². The summed E-state index contributed by atoms with van der Waals surface area (Å²) in [6, 6.07) is 8.00. The monoisotopic (exact) mass is 599 g/mol. The van der Waals surface area contributed by atoms with Gasteiger partial charge in [-0.25, -0.2) is 8.78 Å². The minimum Gasteiger partial charge on any atom is -0.351 e. The van der Waals surface area contributed by atoms with Crippen LogP contribution in [0.2, 0.25) is 5.02 Å². The normalized spacial score (nSPS) is 24.2. The van der Waals surface area contributed by atoms with Crippen molar-refractivity contribution in [2.45, 2.75) is 96.1 Å². The lowest BCUT2D eigenvalue weighted by molar-refractivity contribution is -0.137. The Kier molecular flexibility index (Phi) is 8.02. The van der Waals surface area contributed by atoms with E-state index in [1.54, 1.807) is 6.92 Å². The van der Waals surface area contributed by atoms with Crippen LogP contribution in [0.1, 0.15) is 94.9 Å². The van der Waals surface area contributed by atoms with Gasteiger partial charge < -0.3 is 10.2 Å². The fourth-order valence-corrected chi connectivity index (χ4v) is 7.99. The molecule has 3 aliphatic rings. The molecule has 5 nitrogen and oxygen atoms in total. The van der Waals surface area contributed by atoms with E-state index in [1.165, 1.54) is 23.3 Å². The van der Waals surface area contributed by atoms with Crippen LogP contribution in [-0.4, -0.2) is 58.9 Å². The van der Waals surface area contributed by atoms with Crippen LogP contribution in [0.25, 0.3) is 0 Å². The number of hydrogen-bond acceptors (Lipinski definition) is 3. The van der Waals surface area contributed by atoms with Gasteiger partial charge >= 0.3 is 0 Å². The zero-order chi connectivity index (χ0) is 30.8. The molecule has 1 aliphatic carbocycles. The lowest BCUT2D eigenvalue weighted by atomic mass is 9.71. The standard InChI is InChI=1S/C34H44ClF2N3O2/c1-20-14-24-27(16-29(20)35)34(17-28(24)33(6,7)38-21(2)41)10-12-39(13-11-34)31(42)26-19-40(32(3,4)5)18-25(26)23-9-8-22(36)15-30(23)37/h8-9,14-16,25-26,28H,10-13,17-19H2,1-7H3,(H,38,41)/t25-,26+,28+/m0/s1. The van der Waals surface area contributed by atoms with Gasteiger partial charge in [0, 0.05) is 67.1 Å². The molecule has 0 saturated carbocycles. The summed E-state index contributed by atoms with van der Waals surface area (Å²) < 4.78 is 28.8. The number of halogens is 3. The summed E-state index contributed by atoms with van der Waals surface area (Å²) in [5, 5.41) is 3.91. The Morgan fingerprint density at radius 3 is 2.26 bits per heavy atom. The molecule has 2 saturated heterocycles. The summed E-state index contributed by atoms with van der Waals surface area (Å²) >= 11 is 6.66. The Hall–Kier alpha value is -2.51. The maximum Gasteiger partial charge on any atom is 0.227 e. The molecule has 0 radical (unpaired) electrons. The van der Waals surface area contributed by atoms with E-state index in [0.717, 1.165) is 35.9 Å². The van der Waals surface area contributed by atoms with Gasteiger partial charge in [0.15, 0.2) is 0 Å². The third-order valence-electron chi connectivity index (χ3n) is 10.2. The van der Waals surface area contributed by atoms with Crippen LogP contribution in [0.3, 0.4) is 0 Å². The number of benzene rings is 2. The number of carbonyl (C=O) groups excluding carboxylic acids is 2. The Bertz CT molecular complexity index is 1390. The van der Waals surface area contributed by atoms with E-state index < -0.39 is 23.1 Å². The fraction of sp³-hybridized carbons (Fsp3) is 0.588. The van der Waals surface area contributed by atoms with Gasteiger partial charge in [0.1, 0.15) is 11.6 Å². The Balaban J connectivity index is 1.40. The predicted molar refractivity (Wildman–Crippen MR) is 163 cm³/mol. The quantitative estimate of drug-likeness (QED) is 0.425. The van der Waals surface area contributed by atoms with Gasteiger partial charge in [-0.3, -0.25) is 14.5 Å². The van der Waals surface area contributed by atoms with E-state index in [4.69, 9.17) is 11.6 Å².